The van der Waals surface area contributed by atoms with Gasteiger partial charge in [0.15, 0.2) is 0 Å². The second-order valence-electron chi connectivity index (χ2n) is 2.94. The summed E-state index contributed by atoms with van der Waals surface area (Å²) in [4.78, 5) is 20.4. The molecule has 0 heterocycles. The Bertz CT molecular complexity index is 315. The topological polar surface area (TPSA) is 66.4 Å². The first-order valence-corrected chi connectivity index (χ1v) is 5.24. The molecule has 0 bridgehead atoms. The van der Waals surface area contributed by atoms with Crippen LogP contribution in [0.1, 0.15) is 0 Å². The van der Waals surface area contributed by atoms with Crippen molar-refractivity contribution in [2.24, 2.45) is 0 Å². The Balaban J connectivity index is 4.44. The van der Waals surface area contributed by atoms with E-state index in [1.165, 1.54) is 0 Å². The van der Waals surface area contributed by atoms with E-state index in [9.17, 15) is 35.9 Å². The van der Waals surface area contributed by atoms with Crippen molar-refractivity contribution in [3.63, 3.8) is 0 Å². The molecular formula is C7H7F6NO3S. The average molecular weight is 299 g/mol. The summed E-state index contributed by atoms with van der Waals surface area (Å²) in [5, 5.41) is 6.82. The highest BCUT2D eigenvalue weighted by molar-refractivity contribution is 8.00. The van der Waals surface area contributed by atoms with Crippen LogP contribution in [0.15, 0.2) is 0 Å². The van der Waals surface area contributed by atoms with Gasteiger partial charge in [0.05, 0.1) is 5.75 Å². The molecule has 0 aliphatic heterocycles. The first-order chi connectivity index (χ1) is 7.94. The number of thioether (sulfide) groups is 1. The SMILES string of the molecule is O=C(O)CSC(CNC(=O)C(F)(F)F)C(F)(F)F. The third-order valence-corrected chi connectivity index (χ3v) is 2.73. The van der Waals surface area contributed by atoms with Gasteiger partial charge in [-0.05, 0) is 0 Å². The maximum absolute atomic E-state index is 12.3. The molecule has 0 aromatic rings. The molecule has 0 saturated carbocycles. The molecule has 1 atom stereocenters. The van der Waals surface area contributed by atoms with Crippen LogP contribution in [0.5, 0.6) is 0 Å². The van der Waals surface area contributed by atoms with E-state index in [1.807, 2.05) is 0 Å². The predicted octanol–water partition coefficient (Wildman–Crippen LogP) is 1.41. The van der Waals surface area contributed by atoms with Crippen LogP contribution in [0.4, 0.5) is 26.3 Å². The molecule has 0 aliphatic rings. The smallest absolute Gasteiger partial charge is 0.471 e. The van der Waals surface area contributed by atoms with Crippen LogP contribution in [-0.4, -0.2) is 46.9 Å². The zero-order chi connectivity index (χ0) is 14.6. The monoisotopic (exact) mass is 299 g/mol. The van der Waals surface area contributed by atoms with E-state index >= 15 is 0 Å². The van der Waals surface area contributed by atoms with E-state index in [0.29, 0.717) is 0 Å². The molecule has 0 fully saturated rings. The van der Waals surface area contributed by atoms with Crippen molar-refractivity contribution in [1.82, 2.24) is 5.32 Å². The fraction of sp³-hybridized carbons (Fsp3) is 0.714. The molecule has 0 aliphatic carbocycles. The van der Waals surface area contributed by atoms with Gasteiger partial charge in [-0.1, -0.05) is 0 Å². The quantitative estimate of drug-likeness (QED) is 0.753. The number of carbonyl (C=O) groups is 2. The van der Waals surface area contributed by atoms with Gasteiger partial charge in [0.1, 0.15) is 5.25 Å². The summed E-state index contributed by atoms with van der Waals surface area (Å²) in [5.41, 5.74) is 0. The highest BCUT2D eigenvalue weighted by Gasteiger charge is 2.43. The van der Waals surface area contributed by atoms with Gasteiger partial charge in [-0.3, -0.25) is 9.59 Å². The Hall–Kier alpha value is -1.13. The molecule has 0 aromatic heterocycles. The largest absolute Gasteiger partial charge is 0.481 e. The third kappa shape index (κ3) is 6.57. The van der Waals surface area contributed by atoms with E-state index in [2.05, 4.69) is 0 Å². The molecular weight excluding hydrogens is 292 g/mol. The number of carbonyl (C=O) groups excluding carboxylic acids is 1. The second-order valence-corrected chi connectivity index (χ2v) is 4.13. The fourth-order valence-electron chi connectivity index (χ4n) is 0.727. The second kappa shape index (κ2) is 6.16. The van der Waals surface area contributed by atoms with Crippen LogP contribution < -0.4 is 5.32 Å². The Morgan fingerprint density at radius 1 is 1.17 bits per heavy atom. The highest BCUT2D eigenvalue weighted by atomic mass is 32.2. The maximum atomic E-state index is 12.3. The number of hydrogen-bond acceptors (Lipinski definition) is 3. The summed E-state index contributed by atoms with van der Waals surface area (Å²) in [6.45, 7) is -1.35. The van der Waals surface area contributed by atoms with Crippen molar-refractivity contribution < 1.29 is 41.0 Å². The number of carboxylic acids is 1. The summed E-state index contributed by atoms with van der Waals surface area (Å²) in [7, 11) is 0. The van der Waals surface area contributed by atoms with E-state index in [-0.39, 0.29) is 11.8 Å². The summed E-state index contributed by atoms with van der Waals surface area (Å²) in [5.74, 6) is -4.99. The molecule has 106 valence electrons. The van der Waals surface area contributed by atoms with Crippen molar-refractivity contribution >= 4 is 23.6 Å². The number of nitrogens with one attached hydrogen (secondary N) is 1. The number of alkyl halides is 6. The van der Waals surface area contributed by atoms with Gasteiger partial charge < -0.3 is 10.4 Å². The third-order valence-electron chi connectivity index (χ3n) is 1.48. The minimum atomic E-state index is -5.28. The van der Waals surface area contributed by atoms with Crippen LogP contribution in [0, 0.1) is 0 Å². The van der Waals surface area contributed by atoms with Gasteiger partial charge in [0.25, 0.3) is 0 Å². The Morgan fingerprint density at radius 2 is 1.67 bits per heavy atom. The summed E-state index contributed by atoms with van der Waals surface area (Å²) in [6, 6.07) is 0. The molecule has 0 saturated heterocycles. The first-order valence-electron chi connectivity index (χ1n) is 4.19. The number of amides is 1. The van der Waals surface area contributed by atoms with Gasteiger partial charge in [-0.2, -0.15) is 26.3 Å². The minimum absolute atomic E-state index is 0.117. The zero-order valence-corrected chi connectivity index (χ0v) is 9.25. The fourth-order valence-corrected chi connectivity index (χ4v) is 1.46. The molecule has 0 radical (unpaired) electrons. The normalized spacial score (nSPS) is 14.1. The van der Waals surface area contributed by atoms with Gasteiger partial charge in [0.2, 0.25) is 0 Å². The summed E-state index contributed by atoms with van der Waals surface area (Å²) in [6.07, 6.45) is -10.2. The number of hydrogen-bond donors (Lipinski definition) is 2. The number of rotatable bonds is 5. The van der Waals surface area contributed by atoms with Gasteiger partial charge >= 0.3 is 24.2 Å². The molecule has 1 unspecified atom stereocenters. The lowest BCUT2D eigenvalue weighted by atomic mass is 10.4. The van der Waals surface area contributed by atoms with E-state index in [4.69, 9.17) is 5.11 Å². The Morgan fingerprint density at radius 3 is 2.00 bits per heavy atom. The summed E-state index contributed by atoms with van der Waals surface area (Å²) < 4.78 is 72.0. The molecule has 4 nitrogen and oxygen atoms in total. The van der Waals surface area contributed by atoms with Crippen LogP contribution in [0.25, 0.3) is 0 Å². The minimum Gasteiger partial charge on any atom is -0.481 e. The Labute approximate surface area is 101 Å². The number of carboxylic acid groups (broad SMARTS) is 1. The molecule has 2 N–H and O–H groups in total. The van der Waals surface area contributed by atoms with Crippen molar-refractivity contribution in [3.8, 4) is 0 Å². The van der Waals surface area contributed by atoms with Crippen molar-refractivity contribution in [3.05, 3.63) is 0 Å². The lowest BCUT2D eigenvalue weighted by molar-refractivity contribution is -0.174. The molecule has 0 spiro atoms. The van der Waals surface area contributed by atoms with E-state index < -0.39 is 41.8 Å². The van der Waals surface area contributed by atoms with Crippen molar-refractivity contribution in [1.29, 1.82) is 0 Å². The molecule has 0 aromatic carbocycles. The summed E-state index contributed by atoms with van der Waals surface area (Å²) >= 11 is -0.117. The molecule has 18 heavy (non-hydrogen) atoms. The first kappa shape index (κ1) is 16.9. The van der Waals surface area contributed by atoms with Crippen LogP contribution >= 0.6 is 11.8 Å². The van der Waals surface area contributed by atoms with E-state index in [0.717, 1.165) is 5.32 Å². The van der Waals surface area contributed by atoms with Crippen LogP contribution in [0.2, 0.25) is 0 Å². The molecule has 1 amide bonds. The number of halogens is 6. The predicted molar refractivity (Wildman–Crippen MR) is 49.0 cm³/mol. The zero-order valence-electron chi connectivity index (χ0n) is 8.43. The molecule has 11 heteroatoms. The van der Waals surface area contributed by atoms with E-state index in [1.54, 1.807) is 0 Å². The molecule has 0 rings (SSSR count). The Kier molecular flexibility index (Phi) is 5.77. The van der Waals surface area contributed by atoms with Crippen LogP contribution in [0.3, 0.4) is 0 Å². The van der Waals surface area contributed by atoms with Crippen LogP contribution in [-0.2, 0) is 9.59 Å². The van der Waals surface area contributed by atoms with Gasteiger partial charge in [0, 0.05) is 6.54 Å². The van der Waals surface area contributed by atoms with Crippen molar-refractivity contribution in [2.45, 2.75) is 17.6 Å². The van der Waals surface area contributed by atoms with Gasteiger partial charge in [-0.25, -0.2) is 0 Å². The number of aliphatic carboxylic acids is 1. The standard InChI is InChI=1S/C7H7F6NO3S/c8-6(9,10)3(18-2-4(15)16)1-14-5(17)7(11,12)13/h3H,1-2H2,(H,14,17)(H,15,16). The van der Waals surface area contributed by atoms with Crippen molar-refractivity contribution in [2.75, 3.05) is 12.3 Å². The lowest BCUT2D eigenvalue weighted by Gasteiger charge is -2.19. The lowest BCUT2D eigenvalue weighted by Crippen LogP contribution is -2.44. The maximum Gasteiger partial charge on any atom is 0.471 e. The van der Waals surface area contributed by atoms with Gasteiger partial charge in [-0.15, -0.1) is 11.8 Å². The highest BCUT2D eigenvalue weighted by Crippen LogP contribution is 2.30. The average Bonchev–Trinajstić information content (AvgIpc) is 2.12.